The molecule has 0 aliphatic heterocycles. The number of benzene rings is 2. The number of esters is 1. The van der Waals surface area contributed by atoms with Crippen LogP contribution in [0.5, 0.6) is 5.75 Å². The van der Waals surface area contributed by atoms with Crippen LogP contribution in [-0.2, 0) is 9.53 Å². The molecule has 0 radical (unpaired) electrons. The van der Waals surface area contributed by atoms with Crippen molar-refractivity contribution < 1.29 is 14.3 Å². The predicted octanol–water partition coefficient (Wildman–Crippen LogP) is 3.81. The van der Waals surface area contributed by atoms with Gasteiger partial charge in [-0.05, 0) is 36.3 Å². The molecule has 0 heterocycles. The Labute approximate surface area is 118 Å². The molecule has 3 heteroatoms. The number of ether oxygens (including phenoxy) is 2. The average Bonchev–Trinajstić information content (AvgIpc) is 2.46. The van der Waals surface area contributed by atoms with Gasteiger partial charge in [0.25, 0.3) is 0 Å². The summed E-state index contributed by atoms with van der Waals surface area (Å²) < 4.78 is 10.4. The number of fused-ring (bicyclic) bond motifs is 1. The molecular formula is C17H18O3. The third-order valence-corrected chi connectivity index (χ3v) is 3.13. The van der Waals surface area contributed by atoms with Gasteiger partial charge < -0.3 is 9.47 Å². The number of allylic oxidation sites excluding steroid dienone is 1. The van der Waals surface area contributed by atoms with Gasteiger partial charge in [0.15, 0.2) is 0 Å². The van der Waals surface area contributed by atoms with E-state index >= 15 is 0 Å². The standard InChI is InChI=1S/C17H18O3/c1-4-20-16(18)11-12(2)17-14-8-6-5-7-13(14)9-10-15(17)19-3/h5-11H,4H2,1-3H3/b12-11+. The van der Waals surface area contributed by atoms with Crippen LogP contribution in [0.3, 0.4) is 0 Å². The monoisotopic (exact) mass is 270 g/mol. The van der Waals surface area contributed by atoms with Crippen molar-refractivity contribution >= 4 is 22.3 Å². The lowest BCUT2D eigenvalue weighted by molar-refractivity contribution is -0.137. The summed E-state index contributed by atoms with van der Waals surface area (Å²) in [5, 5.41) is 2.17. The molecule has 2 aromatic carbocycles. The predicted molar refractivity (Wildman–Crippen MR) is 80.8 cm³/mol. The fourth-order valence-electron chi connectivity index (χ4n) is 2.26. The summed E-state index contributed by atoms with van der Waals surface area (Å²) >= 11 is 0. The molecule has 0 N–H and O–H groups in total. The highest BCUT2D eigenvalue weighted by Crippen LogP contribution is 2.33. The lowest BCUT2D eigenvalue weighted by Crippen LogP contribution is -2.01. The summed E-state index contributed by atoms with van der Waals surface area (Å²) in [7, 11) is 1.63. The number of rotatable bonds is 4. The Morgan fingerprint density at radius 3 is 2.65 bits per heavy atom. The van der Waals surface area contributed by atoms with E-state index in [9.17, 15) is 4.79 Å². The molecular weight excluding hydrogens is 252 g/mol. The molecule has 0 saturated heterocycles. The first-order valence-electron chi connectivity index (χ1n) is 6.58. The average molecular weight is 270 g/mol. The van der Waals surface area contributed by atoms with Crippen molar-refractivity contribution in [1.29, 1.82) is 0 Å². The Bertz CT molecular complexity index is 656. The molecule has 2 aromatic rings. The second-order valence-corrected chi connectivity index (χ2v) is 4.44. The van der Waals surface area contributed by atoms with E-state index < -0.39 is 0 Å². The minimum Gasteiger partial charge on any atom is -0.496 e. The molecule has 0 saturated carbocycles. The van der Waals surface area contributed by atoms with Crippen LogP contribution in [0, 0.1) is 0 Å². The Morgan fingerprint density at radius 2 is 1.95 bits per heavy atom. The summed E-state index contributed by atoms with van der Waals surface area (Å²) in [5.74, 6) is 0.418. The van der Waals surface area contributed by atoms with Gasteiger partial charge in [-0.15, -0.1) is 0 Å². The van der Waals surface area contributed by atoms with Crippen LogP contribution in [0.2, 0.25) is 0 Å². The zero-order valence-corrected chi connectivity index (χ0v) is 12.0. The molecule has 20 heavy (non-hydrogen) atoms. The van der Waals surface area contributed by atoms with Crippen molar-refractivity contribution in [2.45, 2.75) is 13.8 Å². The highest BCUT2D eigenvalue weighted by atomic mass is 16.5. The Morgan fingerprint density at radius 1 is 1.20 bits per heavy atom. The van der Waals surface area contributed by atoms with Crippen molar-refractivity contribution in [2.24, 2.45) is 0 Å². The second kappa shape index (κ2) is 6.24. The third kappa shape index (κ3) is 2.82. The summed E-state index contributed by atoms with van der Waals surface area (Å²) in [4.78, 5) is 11.6. The normalized spacial score (nSPS) is 11.4. The number of carbonyl (C=O) groups is 1. The van der Waals surface area contributed by atoms with E-state index in [1.807, 2.05) is 43.3 Å². The van der Waals surface area contributed by atoms with Gasteiger partial charge in [0.05, 0.1) is 13.7 Å². The van der Waals surface area contributed by atoms with Crippen molar-refractivity contribution in [1.82, 2.24) is 0 Å². The first kappa shape index (κ1) is 14.1. The van der Waals surface area contributed by atoms with Gasteiger partial charge in [-0.25, -0.2) is 4.79 Å². The van der Waals surface area contributed by atoms with Gasteiger partial charge in [0, 0.05) is 11.6 Å². The van der Waals surface area contributed by atoms with Crippen molar-refractivity contribution in [3.63, 3.8) is 0 Å². The van der Waals surface area contributed by atoms with Crippen LogP contribution in [0.25, 0.3) is 16.3 Å². The molecule has 0 aliphatic rings. The zero-order chi connectivity index (χ0) is 14.5. The van der Waals surface area contributed by atoms with Gasteiger partial charge in [-0.1, -0.05) is 30.3 Å². The van der Waals surface area contributed by atoms with Gasteiger partial charge >= 0.3 is 5.97 Å². The lowest BCUT2D eigenvalue weighted by Gasteiger charge is -2.12. The van der Waals surface area contributed by atoms with Crippen LogP contribution in [0.4, 0.5) is 0 Å². The lowest BCUT2D eigenvalue weighted by atomic mass is 9.98. The zero-order valence-electron chi connectivity index (χ0n) is 12.0. The maximum atomic E-state index is 11.6. The third-order valence-electron chi connectivity index (χ3n) is 3.13. The van der Waals surface area contributed by atoms with Gasteiger partial charge in [0.1, 0.15) is 5.75 Å². The molecule has 0 aliphatic carbocycles. The minimum absolute atomic E-state index is 0.333. The molecule has 0 fully saturated rings. The van der Waals surface area contributed by atoms with Crippen LogP contribution >= 0.6 is 0 Å². The highest BCUT2D eigenvalue weighted by molar-refractivity contribution is 6.00. The topological polar surface area (TPSA) is 35.5 Å². The molecule has 104 valence electrons. The molecule has 2 rings (SSSR count). The van der Waals surface area contributed by atoms with Crippen molar-refractivity contribution in [2.75, 3.05) is 13.7 Å². The van der Waals surface area contributed by atoms with E-state index in [-0.39, 0.29) is 5.97 Å². The molecule has 3 nitrogen and oxygen atoms in total. The molecule has 0 unspecified atom stereocenters. The highest BCUT2D eigenvalue weighted by Gasteiger charge is 2.11. The maximum absolute atomic E-state index is 11.6. The van der Waals surface area contributed by atoms with E-state index in [0.717, 1.165) is 27.7 Å². The minimum atomic E-state index is -0.333. The molecule has 0 aromatic heterocycles. The first-order chi connectivity index (χ1) is 9.67. The van der Waals surface area contributed by atoms with Crippen LogP contribution < -0.4 is 4.74 Å². The van der Waals surface area contributed by atoms with E-state index in [1.165, 1.54) is 6.08 Å². The summed E-state index contributed by atoms with van der Waals surface area (Å²) in [6.45, 7) is 4.05. The number of hydrogen-bond donors (Lipinski definition) is 0. The SMILES string of the molecule is CCOC(=O)/C=C(\C)c1c(OC)ccc2ccccc12. The fourth-order valence-corrected chi connectivity index (χ4v) is 2.26. The Hall–Kier alpha value is -2.29. The number of carbonyl (C=O) groups excluding carboxylic acids is 1. The van der Waals surface area contributed by atoms with Gasteiger partial charge in [-0.2, -0.15) is 0 Å². The van der Waals surface area contributed by atoms with Gasteiger partial charge in [-0.3, -0.25) is 0 Å². The van der Waals surface area contributed by atoms with E-state index in [2.05, 4.69) is 0 Å². The Balaban J connectivity index is 2.59. The van der Waals surface area contributed by atoms with E-state index in [4.69, 9.17) is 9.47 Å². The largest absolute Gasteiger partial charge is 0.496 e. The second-order valence-electron chi connectivity index (χ2n) is 4.44. The Kier molecular flexibility index (Phi) is 4.41. The molecule has 0 amide bonds. The number of hydrogen-bond acceptors (Lipinski definition) is 3. The molecule has 0 atom stereocenters. The van der Waals surface area contributed by atoms with Crippen molar-refractivity contribution in [3.05, 3.63) is 48.0 Å². The van der Waals surface area contributed by atoms with Crippen LogP contribution in [-0.4, -0.2) is 19.7 Å². The summed E-state index contributed by atoms with van der Waals surface area (Å²) in [6.07, 6.45) is 1.51. The number of methoxy groups -OCH3 is 1. The van der Waals surface area contributed by atoms with E-state index in [0.29, 0.717) is 6.61 Å². The molecule has 0 spiro atoms. The first-order valence-corrected chi connectivity index (χ1v) is 6.58. The smallest absolute Gasteiger partial charge is 0.331 e. The van der Waals surface area contributed by atoms with Crippen molar-refractivity contribution in [3.8, 4) is 5.75 Å². The summed E-state index contributed by atoms with van der Waals surface area (Å²) in [5.41, 5.74) is 1.76. The molecule has 0 bridgehead atoms. The summed E-state index contributed by atoms with van der Waals surface area (Å²) in [6, 6.07) is 12.0. The maximum Gasteiger partial charge on any atom is 0.331 e. The fraction of sp³-hybridized carbons (Fsp3) is 0.235. The van der Waals surface area contributed by atoms with Crippen LogP contribution in [0.15, 0.2) is 42.5 Å². The van der Waals surface area contributed by atoms with Gasteiger partial charge in [0.2, 0.25) is 0 Å². The van der Waals surface area contributed by atoms with Crippen LogP contribution in [0.1, 0.15) is 19.4 Å². The van der Waals surface area contributed by atoms with E-state index in [1.54, 1.807) is 14.0 Å². The quantitative estimate of drug-likeness (QED) is 0.626.